The third-order valence-corrected chi connectivity index (χ3v) is 4.96. The highest BCUT2D eigenvalue weighted by Gasteiger charge is 2.33. The maximum absolute atomic E-state index is 13.1. The van der Waals surface area contributed by atoms with E-state index in [-0.39, 0.29) is 17.6 Å². The van der Waals surface area contributed by atoms with Gasteiger partial charge in [-0.3, -0.25) is 14.9 Å². The molecule has 2 aromatic carbocycles. The van der Waals surface area contributed by atoms with Crippen molar-refractivity contribution < 1.29 is 19.2 Å². The molecule has 3 rings (SSSR count). The van der Waals surface area contributed by atoms with Crippen LogP contribution in [0, 0.1) is 17.0 Å². The van der Waals surface area contributed by atoms with Crippen molar-refractivity contribution in [2.75, 3.05) is 20.8 Å². The predicted octanol–water partition coefficient (Wildman–Crippen LogP) is 3.90. The summed E-state index contributed by atoms with van der Waals surface area (Å²) in [6, 6.07) is 9.97. The Labute approximate surface area is 157 Å². The first kappa shape index (κ1) is 18.7. The van der Waals surface area contributed by atoms with Gasteiger partial charge in [-0.05, 0) is 44.0 Å². The largest absolute Gasteiger partial charge is 0.497 e. The predicted molar refractivity (Wildman–Crippen MR) is 100 cm³/mol. The number of aryl methyl sites for hydroxylation is 1. The Morgan fingerprint density at radius 3 is 2.63 bits per heavy atom. The van der Waals surface area contributed by atoms with E-state index < -0.39 is 4.92 Å². The summed E-state index contributed by atoms with van der Waals surface area (Å²) in [7, 11) is 3.18. The fourth-order valence-electron chi connectivity index (χ4n) is 3.54. The number of amides is 1. The maximum Gasteiger partial charge on any atom is 0.273 e. The lowest BCUT2D eigenvalue weighted by molar-refractivity contribution is -0.385. The molecule has 1 unspecified atom stereocenters. The molecule has 0 radical (unpaired) electrons. The quantitative estimate of drug-likeness (QED) is 0.589. The zero-order chi connectivity index (χ0) is 19.6. The van der Waals surface area contributed by atoms with Crippen LogP contribution >= 0.6 is 0 Å². The van der Waals surface area contributed by atoms with Crippen molar-refractivity contribution >= 4 is 11.6 Å². The Hall–Kier alpha value is -3.09. The molecule has 0 saturated carbocycles. The number of nitro groups is 1. The second-order valence-electron chi connectivity index (χ2n) is 6.52. The number of rotatable bonds is 5. The second kappa shape index (κ2) is 7.65. The third-order valence-electron chi connectivity index (χ3n) is 4.96. The normalized spacial score (nSPS) is 16.3. The van der Waals surface area contributed by atoms with Crippen molar-refractivity contribution in [1.29, 1.82) is 0 Å². The molecule has 0 aromatic heterocycles. The van der Waals surface area contributed by atoms with Gasteiger partial charge in [-0.25, -0.2) is 0 Å². The summed E-state index contributed by atoms with van der Waals surface area (Å²) in [5.41, 5.74) is 1.69. The molecule has 1 heterocycles. The van der Waals surface area contributed by atoms with Gasteiger partial charge in [-0.2, -0.15) is 0 Å². The molecule has 0 spiro atoms. The molecule has 1 aliphatic rings. The molecule has 0 bridgehead atoms. The van der Waals surface area contributed by atoms with Crippen molar-refractivity contribution in [1.82, 2.24) is 4.90 Å². The van der Waals surface area contributed by atoms with Crippen molar-refractivity contribution in [3.05, 3.63) is 63.2 Å². The third kappa shape index (κ3) is 3.58. The molecule has 0 N–H and O–H groups in total. The van der Waals surface area contributed by atoms with E-state index in [1.807, 2.05) is 18.2 Å². The molecule has 1 amide bonds. The second-order valence-corrected chi connectivity index (χ2v) is 6.52. The number of hydrogen-bond donors (Lipinski definition) is 0. The smallest absolute Gasteiger partial charge is 0.273 e. The van der Waals surface area contributed by atoms with Crippen molar-refractivity contribution in [2.24, 2.45) is 0 Å². The Morgan fingerprint density at radius 2 is 1.96 bits per heavy atom. The first-order valence-electron chi connectivity index (χ1n) is 8.74. The molecule has 7 nitrogen and oxygen atoms in total. The minimum atomic E-state index is -0.460. The lowest BCUT2D eigenvalue weighted by Crippen LogP contribution is -2.30. The number of nitro benzene ring substituents is 1. The van der Waals surface area contributed by atoms with Crippen LogP contribution in [0.2, 0.25) is 0 Å². The molecule has 1 fully saturated rings. The van der Waals surface area contributed by atoms with Crippen LogP contribution in [0.1, 0.15) is 40.4 Å². The highest BCUT2D eigenvalue weighted by Crippen LogP contribution is 2.39. The van der Waals surface area contributed by atoms with E-state index in [2.05, 4.69) is 0 Å². The lowest BCUT2D eigenvalue weighted by Gasteiger charge is -2.27. The zero-order valence-electron chi connectivity index (χ0n) is 15.6. The van der Waals surface area contributed by atoms with Crippen molar-refractivity contribution in [3.8, 4) is 11.5 Å². The highest BCUT2D eigenvalue weighted by atomic mass is 16.6. The molecule has 1 aliphatic heterocycles. The summed E-state index contributed by atoms with van der Waals surface area (Å²) in [4.78, 5) is 25.6. The van der Waals surface area contributed by atoms with Gasteiger partial charge >= 0.3 is 0 Å². The van der Waals surface area contributed by atoms with Gasteiger partial charge in [0.15, 0.2) is 0 Å². The van der Waals surface area contributed by atoms with Crippen LogP contribution < -0.4 is 9.47 Å². The Morgan fingerprint density at radius 1 is 1.19 bits per heavy atom. The lowest BCUT2D eigenvalue weighted by atomic mass is 10.0. The Kier molecular flexibility index (Phi) is 5.30. The first-order valence-corrected chi connectivity index (χ1v) is 8.74. The minimum absolute atomic E-state index is 0.0458. The molecule has 2 aromatic rings. The fourth-order valence-corrected chi connectivity index (χ4v) is 3.54. The van der Waals surface area contributed by atoms with Gasteiger partial charge in [0, 0.05) is 29.3 Å². The SMILES string of the molecule is COc1ccc(OC)c(C2CCCN2C(=O)c2ccc(C)c([N+](=O)[O-])c2)c1. The summed E-state index contributed by atoms with van der Waals surface area (Å²) in [6.45, 7) is 2.25. The van der Waals surface area contributed by atoms with Gasteiger partial charge in [0.1, 0.15) is 11.5 Å². The van der Waals surface area contributed by atoms with Crippen molar-refractivity contribution in [2.45, 2.75) is 25.8 Å². The van der Waals surface area contributed by atoms with Gasteiger partial charge < -0.3 is 14.4 Å². The van der Waals surface area contributed by atoms with Crippen LogP contribution in [0.15, 0.2) is 36.4 Å². The molecular formula is C20H22N2O5. The van der Waals surface area contributed by atoms with E-state index in [0.717, 1.165) is 18.4 Å². The van der Waals surface area contributed by atoms with E-state index in [9.17, 15) is 14.9 Å². The standard InChI is InChI=1S/C20H22N2O5/c1-13-6-7-14(11-18(13)22(24)25)20(23)21-10-4-5-17(21)16-12-15(26-2)8-9-19(16)27-3/h6-9,11-12,17H,4-5,10H2,1-3H3. The number of likely N-dealkylation sites (tertiary alicyclic amines) is 1. The topological polar surface area (TPSA) is 81.9 Å². The number of carbonyl (C=O) groups excluding carboxylic acids is 1. The van der Waals surface area contributed by atoms with E-state index >= 15 is 0 Å². The zero-order valence-corrected chi connectivity index (χ0v) is 15.6. The van der Waals surface area contributed by atoms with Crippen LogP contribution in [-0.4, -0.2) is 36.5 Å². The fraction of sp³-hybridized carbons (Fsp3) is 0.350. The van der Waals surface area contributed by atoms with Crippen LogP contribution in [0.5, 0.6) is 11.5 Å². The van der Waals surface area contributed by atoms with Crippen LogP contribution in [0.3, 0.4) is 0 Å². The monoisotopic (exact) mass is 370 g/mol. The summed E-state index contributed by atoms with van der Waals surface area (Å²) < 4.78 is 10.8. The average Bonchev–Trinajstić information content (AvgIpc) is 3.16. The van der Waals surface area contributed by atoms with Gasteiger partial charge in [0.2, 0.25) is 0 Å². The highest BCUT2D eigenvalue weighted by molar-refractivity contribution is 5.95. The summed E-state index contributed by atoms with van der Waals surface area (Å²) in [5.74, 6) is 1.16. The Bertz CT molecular complexity index is 881. The number of benzene rings is 2. The van der Waals surface area contributed by atoms with E-state index in [1.54, 1.807) is 38.2 Å². The Balaban J connectivity index is 1.96. The van der Waals surface area contributed by atoms with E-state index in [1.165, 1.54) is 6.07 Å². The summed E-state index contributed by atoms with van der Waals surface area (Å²) in [6.07, 6.45) is 1.65. The summed E-state index contributed by atoms with van der Waals surface area (Å²) >= 11 is 0. The van der Waals surface area contributed by atoms with Crippen molar-refractivity contribution in [3.63, 3.8) is 0 Å². The van der Waals surface area contributed by atoms with Gasteiger partial charge in [0.05, 0.1) is 25.2 Å². The molecule has 1 atom stereocenters. The number of nitrogens with zero attached hydrogens (tertiary/aromatic N) is 2. The van der Waals surface area contributed by atoms with Gasteiger partial charge in [-0.1, -0.05) is 6.07 Å². The number of hydrogen-bond acceptors (Lipinski definition) is 5. The number of carbonyl (C=O) groups is 1. The van der Waals surface area contributed by atoms with Crippen LogP contribution in [0.25, 0.3) is 0 Å². The number of ether oxygens (including phenoxy) is 2. The van der Waals surface area contributed by atoms with E-state index in [0.29, 0.717) is 29.2 Å². The van der Waals surface area contributed by atoms with E-state index in [4.69, 9.17) is 9.47 Å². The summed E-state index contributed by atoms with van der Waals surface area (Å²) in [5, 5.41) is 11.2. The van der Waals surface area contributed by atoms with Gasteiger partial charge in [0.25, 0.3) is 11.6 Å². The number of methoxy groups -OCH3 is 2. The molecule has 0 aliphatic carbocycles. The minimum Gasteiger partial charge on any atom is -0.497 e. The van der Waals surface area contributed by atoms with Crippen LogP contribution in [0.4, 0.5) is 5.69 Å². The molecule has 27 heavy (non-hydrogen) atoms. The van der Waals surface area contributed by atoms with Gasteiger partial charge in [-0.15, -0.1) is 0 Å². The molecule has 7 heteroatoms. The maximum atomic E-state index is 13.1. The molecule has 142 valence electrons. The van der Waals surface area contributed by atoms with Crippen LogP contribution in [-0.2, 0) is 0 Å². The molecule has 1 saturated heterocycles. The first-order chi connectivity index (χ1) is 13.0. The molecular weight excluding hydrogens is 348 g/mol. The average molecular weight is 370 g/mol.